The van der Waals surface area contributed by atoms with Gasteiger partial charge in [0.1, 0.15) is 0 Å². The minimum atomic E-state index is 0. The van der Waals surface area contributed by atoms with Crippen molar-refractivity contribution in [2.75, 3.05) is 0 Å². The molecule has 0 atom stereocenters. The van der Waals surface area contributed by atoms with Gasteiger partial charge in [0.15, 0.2) is 0 Å². The first kappa shape index (κ1) is 72.2. The molecule has 32 valence electrons. The predicted molar refractivity (Wildman–Crippen MR) is 14.3 cm³/mol. The van der Waals surface area contributed by atoms with E-state index in [1.165, 1.54) is 0 Å². The standard InChI is InChI=1S/Ba.4O.Sr.Zr/q+2;4*-2;+2;+4. The zero-order chi connectivity index (χ0) is 0. The molecule has 0 aliphatic rings. The molecule has 0 fully saturated rings. The fraction of sp³-hybridized carbons (Fsp3) is 0. The van der Waals surface area contributed by atoms with Crippen molar-refractivity contribution in [3.8, 4) is 0 Å². The SMILES string of the molecule is [Ba+2].[O-2].[O-2].[O-2].[O-2].[Sr+2].[Zr+4]. The Labute approximate surface area is 139 Å². The zero-order valence-electron chi connectivity index (χ0n) is 3.55. The molecular weight excluding hydrogens is 380 g/mol. The average molecular weight is 380 g/mol. The molecule has 0 saturated carbocycles. The van der Waals surface area contributed by atoms with E-state index in [-0.39, 0.29) is 142 Å². The Balaban J connectivity index is 0. The van der Waals surface area contributed by atoms with Crippen molar-refractivity contribution >= 4 is 94.4 Å². The topological polar surface area (TPSA) is 114 Å². The molecule has 4 nitrogen and oxygen atoms in total. The Morgan fingerprint density at radius 3 is 0.571 bits per heavy atom. The molecule has 0 spiro atoms. The fourth-order valence-electron chi connectivity index (χ4n) is 0. The van der Waals surface area contributed by atoms with Crippen LogP contribution in [0.4, 0.5) is 0 Å². The van der Waals surface area contributed by atoms with Crippen LogP contribution in [0.25, 0.3) is 0 Å². The Morgan fingerprint density at radius 2 is 0.571 bits per heavy atom. The van der Waals surface area contributed by atoms with Crippen LogP contribution in [0, 0.1) is 0 Å². The summed E-state index contributed by atoms with van der Waals surface area (Å²) in [6.07, 6.45) is 0. The molecule has 0 bridgehead atoms. The van der Waals surface area contributed by atoms with Crippen LogP contribution >= 0.6 is 0 Å². The minimum absolute atomic E-state index is 0. The summed E-state index contributed by atoms with van der Waals surface area (Å²) in [5.41, 5.74) is 0. The van der Waals surface area contributed by atoms with Gasteiger partial charge in [-0.3, -0.25) is 0 Å². The zero-order valence-corrected chi connectivity index (χ0v) is 13.9. The molecule has 0 aliphatic carbocycles. The van der Waals surface area contributed by atoms with Gasteiger partial charge in [0, 0.05) is 0 Å². The number of rotatable bonds is 0. The van der Waals surface area contributed by atoms with E-state index in [9.17, 15) is 0 Å². The van der Waals surface area contributed by atoms with Crippen molar-refractivity contribution in [2.45, 2.75) is 0 Å². The molecule has 0 radical (unpaired) electrons. The summed E-state index contributed by atoms with van der Waals surface area (Å²) in [6.45, 7) is 0. The second kappa shape index (κ2) is 52.8. The molecule has 0 aromatic carbocycles. The van der Waals surface area contributed by atoms with E-state index in [0.29, 0.717) is 0 Å². The van der Waals surface area contributed by atoms with Crippen molar-refractivity contribution < 1.29 is 48.1 Å². The average Bonchev–Trinajstić information content (AvgIpc) is 0. The molecule has 7 heteroatoms. The molecule has 0 unspecified atom stereocenters. The summed E-state index contributed by atoms with van der Waals surface area (Å²) < 4.78 is 0. The predicted octanol–water partition coefficient (Wildman–Crippen LogP) is -1.24. The molecule has 0 aliphatic heterocycles. The van der Waals surface area contributed by atoms with E-state index < -0.39 is 0 Å². The van der Waals surface area contributed by atoms with Crippen LogP contribution in [-0.2, 0) is 48.1 Å². The molecule has 0 rings (SSSR count). The van der Waals surface area contributed by atoms with Gasteiger partial charge in [-0.25, -0.2) is 0 Å². The monoisotopic (exact) mass is 380 g/mol. The largest absolute Gasteiger partial charge is 4.00 e. The van der Waals surface area contributed by atoms with E-state index in [2.05, 4.69) is 0 Å². The van der Waals surface area contributed by atoms with Crippen molar-refractivity contribution in [1.82, 2.24) is 0 Å². The molecule has 0 N–H and O–H groups in total. The molecule has 7 heavy (non-hydrogen) atoms. The van der Waals surface area contributed by atoms with Crippen LogP contribution in [0.3, 0.4) is 0 Å². The van der Waals surface area contributed by atoms with Crippen LogP contribution in [0.5, 0.6) is 0 Å². The third-order valence-electron chi connectivity index (χ3n) is 0. The maximum absolute atomic E-state index is 0. The maximum atomic E-state index is 0. The van der Waals surface area contributed by atoms with Gasteiger partial charge in [0.05, 0.1) is 0 Å². The quantitative estimate of drug-likeness (QED) is 0.468. The number of hydrogen-bond donors (Lipinski definition) is 0. The van der Waals surface area contributed by atoms with Crippen LogP contribution in [0.15, 0.2) is 0 Å². The van der Waals surface area contributed by atoms with Gasteiger partial charge in [0.25, 0.3) is 0 Å². The molecule has 0 aromatic heterocycles. The van der Waals surface area contributed by atoms with Crippen molar-refractivity contribution in [2.24, 2.45) is 0 Å². The van der Waals surface area contributed by atoms with E-state index in [4.69, 9.17) is 0 Å². The van der Waals surface area contributed by atoms with Gasteiger partial charge in [-0.05, 0) is 0 Å². The van der Waals surface area contributed by atoms with Crippen LogP contribution in [-0.4, -0.2) is 94.4 Å². The first-order valence-corrected chi connectivity index (χ1v) is 0. The second-order valence-electron chi connectivity index (χ2n) is 0. The summed E-state index contributed by atoms with van der Waals surface area (Å²) in [5, 5.41) is 0. The summed E-state index contributed by atoms with van der Waals surface area (Å²) in [6, 6.07) is 0. The Bertz CT molecular complexity index is 11.7. The summed E-state index contributed by atoms with van der Waals surface area (Å²) in [7, 11) is 0. The van der Waals surface area contributed by atoms with Crippen LogP contribution < -0.4 is 0 Å². The summed E-state index contributed by atoms with van der Waals surface area (Å²) >= 11 is 0. The first-order chi connectivity index (χ1) is 0. The van der Waals surface area contributed by atoms with Gasteiger partial charge in [-0.15, -0.1) is 0 Å². The van der Waals surface area contributed by atoms with Crippen LogP contribution in [0.2, 0.25) is 0 Å². The van der Waals surface area contributed by atoms with Gasteiger partial charge < -0.3 is 21.9 Å². The van der Waals surface area contributed by atoms with E-state index in [1.807, 2.05) is 0 Å². The normalized spacial score (nSPS) is 0. The van der Waals surface area contributed by atoms with Gasteiger partial charge in [0.2, 0.25) is 0 Å². The molecule has 0 amide bonds. The van der Waals surface area contributed by atoms with E-state index >= 15 is 0 Å². The smallest absolute Gasteiger partial charge is 2.00 e. The summed E-state index contributed by atoms with van der Waals surface area (Å²) in [5.74, 6) is 0. The van der Waals surface area contributed by atoms with Crippen molar-refractivity contribution in [1.29, 1.82) is 0 Å². The fourth-order valence-corrected chi connectivity index (χ4v) is 0. The van der Waals surface area contributed by atoms with Gasteiger partial charge in [-0.1, -0.05) is 0 Å². The first-order valence-electron chi connectivity index (χ1n) is 0. The van der Waals surface area contributed by atoms with Gasteiger partial charge >= 0.3 is 121 Å². The minimum Gasteiger partial charge on any atom is -2.00 e. The van der Waals surface area contributed by atoms with Crippen LogP contribution in [0.1, 0.15) is 0 Å². The Morgan fingerprint density at radius 1 is 0.571 bits per heavy atom. The van der Waals surface area contributed by atoms with Crippen molar-refractivity contribution in [3.63, 3.8) is 0 Å². The van der Waals surface area contributed by atoms with E-state index in [1.54, 1.807) is 0 Å². The Kier molecular flexibility index (Phi) is 545. The Hall–Kier alpha value is 3.78. The van der Waals surface area contributed by atoms with Crippen molar-refractivity contribution in [3.05, 3.63) is 0 Å². The molecule has 0 aromatic rings. The number of hydrogen-bond acceptors (Lipinski definition) is 0. The molecule has 0 saturated heterocycles. The summed E-state index contributed by atoms with van der Waals surface area (Å²) in [4.78, 5) is 0. The maximum Gasteiger partial charge on any atom is 4.00 e. The second-order valence-corrected chi connectivity index (χ2v) is 0. The third kappa shape index (κ3) is 41.5. The third-order valence-corrected chi connectivity index (χ3v) is 0. The molecule has 0 heterocycles. The molecular formula is BaO4SrZr. The van der Waals surface area contributed by atoms with Gasteiger partial charge in [-0.2, -0.15) is 0 Å². The van der Waals surface area contributed by atoms with E-state index in [0.717, 1.165) is 0 Å².